The Balaban J connectivity index is 0.00000162. The van der Waals surface area contributed by atoms with Gasteiger partial charge in [0.05, 0.1) is 6.61 Å². The zero-order chi connectivity index (χ0) is 12.3. The van der Waals surface area contributed by atoms with Crippen molar-refractivity contribution in [3.63, 3.8) is 0 Å². The summed E-state index contributed by atoms with van der Waals surface area (Å²) in [5.41, 5.74) is 2.66. The summed E-state index contributed by atoms with van der Waals surface area (Å²) < 4.78 is 0. The van der Waals surface area contributed by atoms with Gasteiger partial charge in [-0.15, -0.1) is 12.4 Å². The number of aliphatic hydroxyl groups excluding tert-OH is 1. The minimum atomic E-state index is -0.515. The van der Waals surface area contributed by atoms with Gasteiger partial charge in [-0.3, -0.25) is 4.79 Å². The molecule has 0 aromatic heterocycles. The van der Waals surface area contributed by atoms with Crippen LogP contribution in [0.5, 0.6) is 0 Å². The van der Waals surface area contributed by atoms with Gasteiger partial charge in [0.2, 0.25) is 5.91 Å². The maximum absolute atomic E-state index is 11.5. The average molecular weight is 271 g/mol. The standard InChI is InChI=1S/C13H18N2O2.ClH/c1-14-13(17)12(8-16)15-11-6-9-4-2-3-5-10(9)7-11;/h2-5,11-12,15-16H,6-8H2,1H3,(H,14,17);1H/t12-;/m0./s1. The number of aliphatic hydroxyl groups is 1. The molecule has 1 aliphatic rings. The van der Waals surface area contributed by atoms with Gasteiger partial charge in [-0.2, -0.15) is 0 Å². The van der Waals surface area contributed by atoms with Gasteiger partial charge in [0, 0.05) is 13.1 Å². The van der Waals surface area contributed by atoms with Crippen molar-refractivity contribution in [1.29, 1.82) is 0 Å². The maximum Gasteiger partial charge on any atom is 0.239 e. The number of hydrogen-bond acceptors (Lipinski definition) is 3. The fraction of sp³-hybridized carbons (Fsp3) is 0.462. The molecule has 4 nitrogen and oxygen atoms in total. The summed E-state index contributed by atoms with van der Waals surface area (Å²) in [6, 6.07) is 8.02. The van der Waals surface area contributed by atoms with Crippen LogP contribution in [0.1, 0.15) is 11.1 Å². The lowest BCUT2D eigenvalue weighted by molar-refractivity contribution is -0.123. The lowest BCUT2D eigenvalue weighted by Gasteiger charge is -2.19. The van der Waals surface area contributed by atoms with E-state index >= 15 is 0 Å². The lowest BCUT2D eigenvalue weighted by Crippen LogP contribution is -2.49. The van der Waals surface area contributed by atoms with E-state index in [1.54, 1.807) is 7.05 Å². The van der Waals surface area contributed by atoms with Crippen LogP contribution < -0.4 is 10.6 Å². The Bertz CT molecular complexity index is 387. The van der Waals surface area contributed by atoms with Crippen LogP contribution in [-0.4, -0.2) is 36.8 Å². The highest BCUT2D eigenvalue weighted by Crippen LogP contribution is 2.21. The van der Waals surface area contributed by atoms with Crippen LogP contribution >= 0.6 is 12.4 Å². The molecule has 0 saturated carbocycles. The van der Waals surface area contributed by atoms with E-state index in [1.807, 2.05) is 12.1 Å². The minimum absolute atomic E-state index is 0. The topological polar surface area (TPSA) is 61.4 Å². The lowest BCUT2D eigenvalue weighted by atomic mass is 10.1. The predicted molar refractivity (Wildman–Crippen MR) is 73.0 cm³/mol. The first-order chi connectivity index (χ1) is 8.24. The molecule has 0 radical (unpaired) electrons. The highest BCUT2D eigenvalue weighted by molar-refractivity contribution is 5.85. The normalized spacial score (nSPS) is 15.7. The highest BCUT2D eigenvalue weighted by Gasteiger charge is 2.25. The van der Waals surface area contributed by atoms with E-state index in [0.717, 1.165) is 12.8 Å². The molecule has 0 aliphatic heterocycles. The molecule has 1 aliphatic carbocycles. The third kappa shape index (κ3) is 3.22. The van der Waals surface area contributed by atoms with E-state index in [1.165, 1.54) is 11.1 Å². The van der Waals surface area contributed by atoms with Crippen molar-refractivity contribution in [2.45, 2.75) is 24.9 Å². The van der Waals surface area contributed by atoms with Crippen LogP contribution in [0.2, 0.25) is 0 Å². The highest BCUT2D eigenvalue weighted by atomic mass is 35.5. The second-order valence-corrected chi connectivity index (χ2v) is 4.39. The molecule has 0 spiro atoms. The molecule has 0 unspecified atom stereocenters. The third-order valence-electron chi connectivity index (χ3n) is 3.23. The Morgan fingerprint density at radius 3 is 2.39 bits per heavy atom. The average Bonchev–Trinajstić information content (AvgIpc) is 2.77. The first kappa shape index (κ1) is 15.0. The molecule has 18 heavy (non-hydrogen) atoms. The number of halogens is 1. The number of likely N-dealkylation sites (N-methyl/N-ethyl adjacent to an activating group) is 1. The molecular weight excluding hydrogens is 252 g/mol. The SMILES string of the molecule is CNC(=O)[C@H](CO)NC1Cc2ccccc2C1.Cl. The van der Waals surface area contributed by atoms with E-state index < -0.39 is 6.04 Å². The van der Waals surface area contributed by atoms with E-state index in [0.29, 0.717) is 0 Å². The molecule has 2 rings (SSSR count). The molecule has 1 amide bonds. The van der Waals surface area contributed by atoms with Crippen molar-refractivity contribution in [2.75, 3.05) is 13.7 Å². The molecule has 3 N–H and O–H groups in total. The summed E-state index contributed by atoms with van der Waals surface area (Å²) in [6.07, 6.45) is 1.84. The summed E-state index contributed by atoms with van der Waals surface area (Å²) in [4.78, 5) is 11.5. The third-order valence-corrected chi connectivity index (χ3v) is 3.23. The molecule has 1 aromatic carbocycles. The number of benzene rings is 1. The smallest absolute Gasteiger partial charge is 0.239 e. The molecule has 100 valence electrons. The van der Waals surface area contributed by atoms with Gasteiger partial charge in [0.25, 0.3) is 0 Å². The maximum atomic E-state index is 11.5. The van der Waals surface area contributed by atoms with Gasteiger partial charge in [-0.05, 0) is 24.0 Å². The number of rotatable bonds is 4. The van der Waals surface area contributed by atoms with Gasteiger partial charge < -0.3 is 15.7 Å². The molecular formula is C13H19ClN2O2. The zero-order valence-electron chi connectivity index (χ0n) is 10.3. The first-order valence-corrected chi connectivity index (χ1v) is 5.90. The van der Waals surface area contributed by atoms with Crippen LogP contribution in [0.25, 0.3) is 0 Å². The van der Waals surface area contributed by atoms with Crippen molar-refractivity contribution in [1.82, 2.24) is 10.6 Å². The number of hydrogen-bond donors (Lipinski definition) is 3. The van der Waals surface area contributed by atoms with Crippen LogP contribution in [0.4, 0.5) is 0 Å². The van der Waals surface area contributed by atoms with Crippen molar-refractivity contribution < 1.29 is 9.90 Å². The molecule has 1 atom stereocenters. The van der Waals surface area contributed by atoms with Crippen LogP contribution in [-0.2, 0) is 17.6 Å². The van der Waals surface area contributed by atoms with Crippen molar-refractivity contribution in [3.05, 3.63) is 35.4 Å². The number of nitrogens with one attached hydrogen (secondary N) is 2. The molecule has 0 bridgehead atoms. The largest absolute Gasteiger partial charge is 0.394 e. The molecule has 0 heterocycles. The van der Waals surface area contributed by atoms with Crippen molar-refractivity contribution in [2.24, 2.45) is 0 Å². The zero-order valence-corrected chi connectivity index (χ0v) is 11.2. The van der Waals surface area contributed by atoms with E-state index in [2.05, 4.69) is 22.8 Å². The van der Waals surface area contributed by atoms with Gasteiger partial charge >= 0.3 is 0 Å². The predicted octanol–water partition coefficient (Wildman–Crippen LogP) is 0.272. The Labute approximate surface area is 113 Å². The molecule has 0 saturated heterocycles. The summed E-state index contributed by atoms with van der Waals surface area (Å²) in [5, 5.41) is 14.9. The molecule has 1 aromatic rings. The second-order valence-electron chi connectivity index (χ2n) is 4.39. The number of carbonyl (C=O) groups excluding carboxylic acids is 1. The Kier molecular flexibility index (Phi) is 5.59. The van der Waals surface area contributed by atoms with E-state index in [-0.39, 0.29) is 31.0 Å². The van der Waals surface area contributed by atoms with Gasteiger partial charge in [-0.1, -0.05) is 24.3 Å². The minimum Gasteiger partial charge on any atom is -0.394 e. The molecule has 0 fully saturated rings. The Hall–Kier alpha value is -1.10. The quantitative estimate of drug-likeness (QED) is 0.736. The Morgan fingerprint density at radius 1 is 1.39 bits per heavy atom. The number of fused-ring (bicyclic) bond motifs is 1. The van der Waals surface area contributed by atoms with Crippen LogP contribution in [0.3, 0.4) is 0 Å². The van der Waals surface area contributed by atoms with E-state index in [9.17, 15) is 9.90 Å². The van der Waals surface area contributed by atoms with Gasteiger partial charge in [0.1, 0.15) is 6.04 Å². The fourth-order valence-corrected chi connectivity index (χ4v) is 2.35. The summed E-state index contributed by atoms with van der Waals surface area (Å²) >= 11 is 0. The van der Waals surface area contributed by atoms with E-state index in [4.69, 9.17) is 0 Å². The summed E-state index contributed by atoms with van der Waals surface area (Å²) in [7, 11) is 1.58. The first-order valence-electron chi connectivity index (χ1n) is 5.90. The Morgan fingerprint density at radius 2 is 1.94 bits per heavy atom. The fourth-order valence-electron chi connectivity index (χ4n) is 2.35. The van der Waals surface area contributed by atoms with Crippen LogP contribution in [0.15, 0.2) is 24.3 Å². The summed E-state index contributed by atoms with van der Waals surface area (Å²) in [6.45, 7) is -0.174. The van der Waals surface area contributed by atoms with Gasteiger partial charge in [-0.25, -0.2) is 0 Å². The van der Waals surface area contributed by atoms with Crippen molar-refractivity contribution in [3.8, 4) is 0 Å². The number of amides is 1. The van der Waals surface area contributed by atoms with Crippen molar-refractivity contribution >= 4 is 18.3 Å². The molecule has 5 heteroatoms. The van der Waals surface area contributed by atoms with Gasteiger partial charge in [0.15, 0.2) is 0 Å². The second kappa shape index (κ2) is 6.73. The number of carbonyl (C=O) groups is 1. The monoisotopic (exact) mass is 270 g/mol. The summed E-state index contributed by atoms with van der Waals surface area (Å²) in [5.74, 6) is -0.163. The van der Waals surface area contributed by atoms with Crippen LogP contribution in [0, 0.1) is 0 Å².